The molecule has 1 atom stereocenters. The first-order chi connectivity index (χ1) is 7.68. The minimum absolute atomic E-state index is 0.0407. The Balaban J connectivity index is 2.09. The van der Waals surface area contributed by atoms with Crippen LogP contribution in [0.25, 0.3) is 0 Å². The number of amides is 2. The molecule has 1 aromatic rings. The van der Waals surface area contributed by atoms with Crippen LogP contribution < -0.4 is 10.8 Å². The van der Waals surface area contributed by atoms with Gasteiger partial charge < -0.3 is 5.32 Å². The second-order valence-corrected chi connectivity index (χ2v) is 3.28. The van der Waals surface area contributed by atoms with Crippen molar-refractivity contribution in [1.82, 2.24) is 10.8 Å². The van der Waals surface area contributed by atoms with Crippen LogP contribution in [0.4, 0.5) is 4.39 Å². The molecule has 6 heteroatoms. The normalized spacial score (nSPS) is 19.3. The van der Waals surface area contributed by atoms with E-state index in [4.69, 9.17) is 0 Å². The summed E-state index contributed by atoms with van der Waals surface area (Å²) in [5.41, 5.74) is 2.00. The van der Waals surface area contributed by atoms with Gasteiger partial charge in [-0.25, -0.2) is 9.87 Å². The maximum Gasteiger partial charge on any atom is 0.268 e. The van der Waals surface area contributed by atoms with Gasteiger partial charge in [-0.05, 0) is 12.1 Å². The van der Waals surface area contributed by atoms with E-state index in [0.29, 0.717) is 0 Å². The average molecular weight is 224 g/mol. The summed E-state index contributed by atoms with van der Waals surface area (Å²) in [4.78, 5) is 27.3. The van der Waals surface area contributed by atoms with Crippen molar-refractivity contribution in [3.8, 4) is 0 Å². The molecule has 1 aliphatic rings. The SMILES string of the molecule is O=C(NC1CONC1=O)c1ccccc1F. The van der Waals surface area contributed by atoms with Gasteiger partial charge in [0.05, 0.1) is 5.56 Å². The zero-order valence-corrected chi connectivity index (χ0v) is 8.20. The fourth-order valence-electron chi connectivity index (χ4n) is 1.33. The molecule has 0 spiro atoms. The molecule has 1 aliphatic heterocycles. The van der Waals surface area contributed by atoms with Gasteiger partial charge >= 0.3 is 0 Å². The largest absolute Gasteiger partial charge is 0.338 e. The summed E-state index contributed by atoms with van der Waals surface area (Å²) in [7, 11) is 0. The van der Waals surface area contributed by atoms with Crippen LogP contribution in [-0.2, 0) is 9.63 Å². The Hall–Kier alpha value is -1.95. The predicted molar refractivity (Wildman–Crippen MR) is 51.7 cm³/mol. The van der Waals surface area contributed by atoms with E-state index in [2.05, 4.69) is 15.6 Å². The summed E-state index contributed by atoms with van der Waals surface area (Å²) in [6, 6.07) is 4.78. The van der Waals surface area contributed by atoms with Crippen LogP contribution in [0.3, 0.4) is 0 Å². The maximum absolute atomic E-state index is 13.2. The quantitative estimate of drug-likeness (QED) is 0.742. The molecule has 0 aromatic heterocycles. The topological polar surface area (TPSA) is 67.4 Å². The van der Waals surface area contributed by atoms with Crippen molar-refractivity contribution in [3.63, 3.8) is 0 Å². The molecule has 2 amide bonds. The van der Waals surface area contributed by atoms with Crippen LogP contribution in [0.15, 0.2) is 24.3 Å². The van der Waals surface area contributed by atoms with E-state index in [1.54, 1.807) is 6.07 Å². The third-order valence-corrected chi connectivity index (χ3v) is 2.16. The number of carbonyl (C=O) groups is 2. The summed E-state index contributed by atoms with van der Waals surface area (Å²) >= 11 is 0. The lowest BCUT2D eigenvalue weighted by atomic mass is 10.2. The van der Waals surface area contributed by atoms with Gasteiger partial charge in [-0.15, -0.1) is 0 Å². The lowest BCUT2D eigenvalue weighted by Gasteiger charge is -2.08. The lowest BCUT2D eigenvalue weighted by Crippen LogP contribution is -2.41. The summed E-state index contributed by atoms with van der Waals surface area (Å²) < 4.78 is 13.2. The molecule has 1 unspecified atom stereocenters. The van der Waals surface area contributed by atoms with Crippen molar-refractivity contribution >= 4 is 11.8 Å². The molecular formula is C10H9FN2O3. The van der Waals surface area contributed by atoms with Gasteiger partial charge in [0.25, 0.3) is 11.8 Å². The molecule has 5 nitrogen and oxygen atoms in total. The van der Waals surface area contributed by atoms with E-state index >= 15 is 0 Å². The van der Waals surface area contributed by atoms with Crippen LogP contribution in [-0.4, -0.2) is 24.5 Å². The maximum atomic E-state index is 13.2. The number of hydrogen-bond acceptors (Lipinski definition) is 3. The number of hydrogen-bond donors (Lipinski definition) is 2. The standard InChI is InChI=1S/C10H9FN2O3/c11-7-4-2-1-3-6(7)9(14)12-8-5-16-13-10(8)15/h1-4,8H,5H2,(H,12,14)(H,13,15). The molecule has 1 heterocycles. The first kappa shape index (κ1) is 10.6. The Labute approximate surface area is 90.5 Å². The zero-order valence-electron chi connectivity index (χ0n) is 8.20. The van der Waals surface area contributed by atoms with Gasteiger partial charge in [0.15, 0.2) is 0 Å². The molecule has 1 saturated heterocycles. The Morgan fingerprint density at radius 1 is 1.50 bits per heavy atom. The van der Waals surface area contributed by atoms with Crippen LogP contribution in [0.5, 0.6) is 0 Å². The van der Waals surface area contributed by atoms with Crippen LogP contribution in [0.2, 0.25) is 0 Å². The average Bonchev–Trinajstić information content (AvgIpc) is 2.65. The first-order valence-electron chi connectivity index (χ1n) is 4.65. The van der Waals surface area contributed by atoms with E-state index in [1.807, 2.05) is 0 Å². The molecule has 2 N–H and O–H groups in total. The summed E-state index contributed by atoms with van der Waals surface area (Å²) in [5.74, 6) is -1.70. The van der Waals surface area contributed by atoms with E-state index in [-0.39, 0.29) is 12.2 Å². The number of carbonyl (C=O) groups excluding carboxylic acids is 2. The molecule has 0 radical (unpaired) electrons. The highest BCUT2D eigenvalue weighted by molar-refractivity contribution is 5.97. The Kier molecular flexibility index (Phi) is 2.82. The molecule has 0 aliphatic carbocycles. The van der Waals surface area contributed by atoms with Crippen molar-refractivity contribution in [2.24, 2.45) is 0 Å². The number of halogens is 1. The smallest absolute Gasteiger partial charge is 0.268 e. The van der Waals surface area contributed by atoms with Gasteiger partial charge in [-0.1, -0.05) is 12.1 Å². The Morgan fingerprint density at radius 3 is 2.88 bits per heavy atom. The molecule has 84 valence electrons. The predicted octanol–water partition coefficient (Wildman–Crippen LogP) is -0.0145. The van der Waals surface area contributed by atoms with Gasteiger partial charge in [-0.3, -0.25) is 14.4 Å². The highest BCUT2D eigenvalue weighted by atomic mass is 19.1. The van der Waals surface area contributed by atoms with Crippen molar-refractivity contribution in [2.75, 3.05) is 6.61 Å². The highest BCUT2D eigenvalue weighted by Gasteiger charge is 2.27. The lowest BCUT2D eigenvalue weighted by molar-refractivity contribution is -0.125. The van der Waals surface area contributed by atoms with Crippen LogP contribution in [0.1, 0.15) is 10.4 Å². The number of hydroxylamine groups is 1. The van der Waals surface area contributed by atoms with Gasteiger partial charge in [0.2, 0.25) is 0 Å². The Bertz CT molecular complexity index is 436. The summed E-state index contributed by atoms with van der Waals surface area (Å²) in [6.45, 7) is 0.0407. The van der Waals surface area contributed by atoms with E-state index in [1.165, 1.54) is 18.2 Å². The zero-order chi connectivity index (χ0) is 11.5. The highest BCUT2D eigenvalue weighted by Crippen LogP contribution is 2.07. The molecule has 0 bridgehead atoms. The summed E-state index contributed by atoms with van der Waals surface area (Å²) in [6.07, 6.45) is 0. The van der Waals surface area contributed by atoms with Gasteiger partial charge in [0, 0.05) is 0 Å². The molecule has 1 aromatic carbocycles. The molecule has 2 rings (SSSR count). The fraction of sp³-hybridized carbons (Fsp3) is 0.200. The second-order valence-electron chi connectivity index (χ2n) is 3.28. The monoisotopic (exact) mass is 224 g/mol. The van der Waals surface area contributed by atoms with Gasteiger partial charge in [0.1, 0.15) is 18.5 Å². The Morgan fingerprint density at radius 2 is 2.25 bits per heavy atom. The van der Waals surface area contributed by atoms with E-state index in [9.17, 15) is 14.0 Å². The third-order valence-electron chi connectivity index (χ3n) is 2.16. The minimum Gasteiger partial charge on any atom is -0.338 e. The van der Waals surface area contributed by atoms with Gasteiger partial charge in [-0.2, -0.15) is 0 Å². The van der Waals surface area contributed by atoms with Crippen molar-refractivity contribution in [3.05, 3.63) is 35.6 Å². The van der Waals surface area contributed by atoms with Crippen molar-refractivity contribution in [1.29, 1.82) is 0 Å². The minimum atomic E-state index is -0.771. The van der Waals surface area contributed by atoms with Crippen molar-refractivity contribution < 1.29 is 18.8 Å². The number of nitrogens with one attached hydrogen (secondary N) is 2. The number of benzene rings is 1. The summed E-state index contributed by atoms with van der Waals surface area (Å²) in [5, 5.41) is 2.37. The van der Waals surface area contributed by atoms with E-state index in [0.717, 1.165) is 0 Å². The fourth-order valence-corrected chi connectivity index (χ4v) is 1.33. The number of rotatable bonds is 2. The second kappa shape index (κ2) is 4.28. The third kappa shape index (κ3) is 2.01. The molecule has 1 fully saturated rings. The molecule has 16 heavy (non-hydrogen) atoms. The molecule has 0 saturated carbocycles. The van der Waals surface area contributed by atoms with Crippen LogP contribution >= 0.6 is 0 Å². The van der Waals surface area contributed by atoms with Crippen LogP contribution in [0, 0.1) is 5.82 Å². The van der Waals surface area contributed by atoms with Crippen molar-refractivity contribution in [2.45, 2.75) is 6.04 Å². The molecular weight excluding hydrogens is 215 g/mol. The van der Waals surface area contributed by atoms with E-state index < -0.39 is 23.7 Å². The first-order valence-corrected chi connectivity index (χ1v) is 4.65.